The van der Waals surface area contributed by atoms with Gasteiger partial charge in [-0.3, -0.25) is 14.4 Å². The van der Waals surface area contributed by atoms with E-state index in [0.29, 0.717) is 39.6 Å². The van der Waals surface area contributed by atoms with Gasteiger partial charge in [0.05, 0.1) is 27.0 Å². The predicted molar refractivity (Wildman–Crippen MR) is 133 cm³/mol. The molecule has 2 aromatic heterocycles. The fourth-order valence-corrected chi connectivity index (χ4v) is 5.07. The van der Waals surface area contributed by atoms with Gasteiger partial charge in [-0.1, -0.05) is 18.5 Å². The van der Waals surface area contributed by atoms with Gasteiger partial charge >= 0.3 is 0 Å². The first-order chi connectivity index (χ1) is 15.2. The lowest BCUT2D eigenvalue weighted by Gasteiger charge is -2.13. The highest BCUT2D eigenvalue weighted by Crippen LogP contribution is 2.27. The summed E-state index contributed by atoms with van der Waals surface area (Å²) in [5, 5.41) is 6.10. The summed E-state index contributed by atoms with van der Waals surface area (Å²) < 4.78 is 0. The first-order valence-electron chi connectivity index (χ1n) is 10.2. The number of anilines is 1. The SMILES string of the molecule is CCCNC(=O)c1ccc(NC(=O)C(C)SCc2nc3sc(C)c(C)c3c(=O)[nH]2)cc1Cl. The van der Waals surface area contributed by atoms with Crippen LogP contribution in [0.1, 0.15) is 46.9 Å². The van der Waals surface area contributed by atoms with Crippen molar-refractivity contribution < 1.29 is 9.59 Å². The normalized spacial score (nSPS) is 12.0. The van der Waals surface area contributed by atoms with Crippen LogP contribution in [-0.2, 0) is 10.5 Å². The van der Waals surface area contributed by atoms with Crippen molar-refractivity contribution in [2.45, 2.75) is 45.1 Å². The maximum Gasteiger partial charge on any atom is 0.259 e. The largest absolute Gasteiger partial charge is 0.352 e. The molecule has 1 unspecified atom stereocenters. The van der Waals surface area contributed by atoms with Crippen LogP contribution in [0.5, 0.6) is 0 Å². The van der Waals surface area contributed by atoms with Crippen LogP contribution in [0.2, 0.25) is 5.02 Å². The molecule has 0 aliphatic heterocycles. The highest BCUT2D eigenvalue weighted by molar-refractivity contribution is 7.99. The Bertz CT molecular complexity index is 1220. The minimum atomic E-state index is -0.394. The average Bonchev–Trinajstić information content (AvgIpc) is 3.04. The first-order valence-corrected chi connectivity index (χ1v) is 12.4. The highest BCUT2D eigenvalue weighted by atomic mass is 35.5. The van der Waals surface area contributed by atoms with Crippen LogP contribution in [0, 0.1) is 13.8 Å². The van der Waals surface area contributed by atoms with Gasteiger partial charge in [0.2, 0.25) is 5.91 Å². The maximum absolute atomic E-state index is 12.6. The van der Waals surface area contributed by atoms with Crippen molar-refractivity contribution in [3.8, 4) is 0 Å². The number of fused-ring (bicyclic) bond motifs is 1. The Kier molecular flexibility index (Phi) is 7.97. The summed E-state index contributed by atoms with van der Waals surface area (Å²) in [6.45, 7) is 8.21. The molecule has 0 saturated carbocycles. The molecule has 0 saturated heterocycles. The standard InChI is InChI=1S/C22H25ClN4O3S2/c1-5-8-24-20(29)15-7-6-14(9-16(15)23)25-19(28)13(4)31-10-17-26-21(30)18-11(2)12(3)32-22(18)27-17/h6-7,9,13H,5,8,10H2,1-4H3,(H,24,29)(H,25,28)(H,26,27,30). The number of nitrogens with zero attached hydrogens (tertiary/aromatic N) is 1. The Morgan fingerprint density at radius 3 is 2.75 bits per heavy atom. The van der Waals surface area contributed by atoms with E-state index in [1.165, 1.54) is 23.1 Å². The van der Waals surface area contributed by atoms with Gasteiger partial charge in [-0.25, -0.2) is 4.98 Å². The van der Waals surface area contributed by atoms with Gasteiger partial charge in [0, 0.05) is 17.1 Å². The molecule has 3 rings (SSSR count). The van der Waals surface area contributed by atoms with Crippen LogP contribution in [-0.4, -0.2) is 33.6 Å². The van der Waals surface area contributed by atoms with E-state index in [4.69, 9.17) is 11.6 Å². The number of hydrogen-bond donors (Lipinski definition) is 3. The van der Waals surface area contributed by atoms with Crippen molar-refractivity contribution in [3.05, 3.63) is 55.4 Å². The van der Waals surface area contributed by atoms with E-state index in [0.717, 1.165) is 16.9 Å². The third-order valence-corrected chi connectivity index (χ3v) is 7.51. The zero-order chi connectivity index (χ0) is 23.4. The van der Waals surface area contributed by atoms with Gasteiger partial charge in [0.25, 0.3) is 11.5 Å². The van der Waals surface area contributed by atoms with E-state index >= 15 is 0 Å². The third kappa shape index (κ3) is 5.51. The number of H-pyrrole nitrogens is 1. The Balaban J connectivity index is 1.62. The van der Waals surface area contributed by atoms with E-state index in [1.54, 1.807) is 25.1 Å². The zero-order valence-corrected chi connectivity index (χ0v) is 20.7. The second kappa shape index (κ2) is 10.5. The van der Waals surface area contributed by atoms with Gasteiger partial charge in [0.15, 0.2) is 0 Å². The van der Waals surface area contributed by atoms with E-state index in [2.05, 4.69) is 20.6 Å². The fraction of sp³-hybridized carbons (Fsp3) is 0.364. The summed E-state index contributed by atoms with van der Waals surface area (Å²) in [7, 11) is 0. The number of halogens is 1. The second-order valence-electron chi connectivity index (χ2n) is 7.37. The third-order valence-electron chi connectivity index (χ3n) is 4.94. The van der Waals surface area contributed by atoms with Crippen LogP contribution < -0.4 is 16.2 Å². The molecule has 1 aromatic carbocycles. The number of thiophene rings is 1. The van der Waals surface area contributed by atoms with E-state index in [9.17, 15) is 14.4 Å². The molecule has 0 aliphatic rings. The van der Waals surface area contributed by atoms with E-state index in [-0.39, 0.29) is 22.4 Å². The molecule has 0 radical (unpaired) electrons. The molecule has 0 fully saturated rings. The number of rotatable bonds is 8. The molecule has 0 aliphatic carbocycles. The molecule has 7 nitrogen and oxygen atoms in total. The number of nitrogens with one attached hydrogen (secondary N) is 3. The summed E-state index contributed by atoms with van der Waals surface area (Å²) in [6.07, 6.45) is 0.830. The van der Waals surface area contributed by atoms with Gasteiger partial charge in [-0.05, 0) is 51.0 Å². The van der Waals surface area contributed by atoms with Gasteiger partial charge in [-0.2, -0.15) is 0 Å². The number of carbonyl (C=O) groups is 2. The van der Waals surface area contributed by atoms with Crippen LogP contribution in [0.15, 0.2) is 23.0 Å². The lowest BCUT2D eigenvalue weighted by atomic mass is 10.2. The Morgan fingerprint density at radius 1 is 1.31 bits per heavy atom. The summed E-state index contributed by atoms with van der Waals surface area (Å²) >= 11 is 9.09. The minimum Gasteiger partial charge on any atom is -0.352 e. The quantitative estimate of drug-likeness (QED) is 0.424. The van der Waals surface area contributed by atoms with E-state index < -0.39 is 5.25 Å². The summed E-state index contributed by atoms with van der Waals surface area (Å²) in [5.41, 5.74) is 1.68. The van der Waals surface area contributed by atoms with Crippen LogP contribution in [0.25, 0.3) is 10.2 Å². The second-order valence-corrected chi connectivity index (χ2v) is 10.3. The summed E-state index contributed by atoms with van der Waals surface area (Å²) in [5.74, 6) is 0.486. The van der Waals surface area contributed by atoms with Crippen LogP contribution in [0.4, 0.5) is 5.69 Å². The number of aromatic nitrogens is 2. The topological polar surface area (TPSA) is 104 Å². The molecular weight excluding hydrogens is 468 g/mol. The zero-order valence-electron chi connectivity index (χ0n) is 18.3. The molecule has 32 heavy (non-hydrogen) atoms. The number of amides is 2. The maximum atomic E-state index is 12.6. The molecule has 0 spiro atoms. The van der Waals surface area contributed by atoms with Crippen molar-refractivity contribution in [1.29, 1.82) is 0 Å². The summed E-state index contributed by atoms with van der Waals surface area (Å²) in [6, 6.07) is 4.80. The van der Waals surface area contributed by atoms with Crippen LogP contribution >= 0.6 is 34.7 Å². The Morgan fingerprint density at radius 2 is 2.06 bits per heavy atom. The highest BCUT2D eigenvalue weighted by Gasteiger charge is 2.17. The molecule has 3 N–H and O–H groups in total. The summed E-state index contributed by atoms with van der Waals surface area (Å²) in [4.78, 5) is 46.2. The monoisotopic (exact) mass is 492 g/mol. The first kappa shape index (κ1) is 24.3. The Labute approximate surface area is 199 Å². The minimum absolute atomic E-state index is 0.151. The lowest BCUT2D eigenvalue weighted by molar-refractivity contribution is -0.115. The van der Waals surface area contributed by atoms with Gasteiger partial charge in [0.1, 0.15) is 10.7 Å². The lowest BCUT2D eigenvalue weighted by Crippen LogP contribution is -2.25. The van der Waals surface area contributed by atoms with Crippen molar-refractivity contribution in [3.63, 3.8) is 0 Å². The number of thioether (sulfide) groups is 1. The number of benzene rings is 1. The number of aryl methyl sites for hydroxylation is 2. The van der Waals surface area contributed by atoms with Crippen LogP contribution in [0.3, 0.4) is 0 Å². The number of hydrogen-bond acceptors (Lipinski definition) is 6. The molecule has 1 atom stereocenters. The molecule has 0 bridgehead atoms. The van der Waals surface area contributed by atoms with Crippen molar-refractivity contribution in [2.24, 2.45) is 0 Å². The molecule has 3 aromatic rings. The molecule has 170 valence electrons. The molecular formula is C22H25ClN4O3S2. The van der Waals surface area contributed by atoms with E-state index in [1.807, 2.05) is 20.8 Å². The average molecular weight is 493 g/mol. The van der Waals surface area contributed by atoms with Gasteiger partial charge < -0.3 is 15.6 Å². The van der Waals surface area contributed by atoms with Crippen molar-refractivity contribution in [2.75, 3.05) is 11.9 Å². The molecule has 2 amide bonds. The van der Waals surface area contributed by atoms with Gasteiger partial charge in [-0.15, -0.1) is 23.1 Å². The van der Waals surface area contributed by atoms with Crippen molar-refractivity contribution in [1.82, 2.24) is 15.3 Å². The smallest absolute Gasteiger partial charge is 0.259 e. The number of carbonyl (C=O) groups excluding carboxylic acids is 2. The fourth-order valence-electron chi connectivity index (χ4n) is 3.00. The molecule has 2 heterocycles. The number of aromatic amines is 1. The molecule has 10 heteroatoms. The van der Waals surface area contributed by atoms with Crippen molar-refractivity contribution >= 4 is 62.4 Å². The predicted octanol–water partition coefficient (Wildman–Crippen LogP) is 4.66. The Hall–Kier alpha value is -2.36.